The number of nitrogens with one attached hydrogen (secondary N) is 1. The minimum atomic E-state index is -0.745. The predicted octanol–water partition coefficient (Wildman–Crippen LogP) is 7.47. The van der Waals surface area contributed by atoms with Gasteiger partial charge in [-0.05, 0) is 56.4 Å². The zero-order chi connectivity index (χ0) is 23.3. The van der Waals surface area contributed by atoms with Gasteiger partial charge in [0.1, 0.15) is 11.5 Å². The van der Waals surface area contributed by atoms with Crippen molar-refractivity contribution >= 4 is 73.0 Å². The van der Waals surface area contributed by atoms with Gasteiger partial charge in [-0.1, -0.05) is 29.8 Å². The van der Waals surface area contributed by atoms with Gasteiger partial charge in [0, 0.05) is 20.8 Å². The van der Waals surface area contributed by atoms with Crippen LogP contribution in [-0.2, 0) is 14.9 Å². The van der Waals surface area contributed by atoms with E-state index >= 15 is 0 Å². The Hall–Kier alpha value is -2.46. The number of carbonyl (C=O) groups excluding carboxylic acids is 1. The summed E-state index contributed by atoms with van der Waals surface area (Å²) in [6.07, 6.45) is 0.299. The molecule has 33 heavy (non-hydrogen) atoms. The van der Waals surface area contributed by atoms with Crippen LogP contribution < -0.4 is 5.32 Å². The van der Waals surface area contributed by atoms with Gasteiger partial charge in [0.15, 0.2) is 0 Å². The fourth-order valence-corrected chi connectivity index (χ4v) is 7.64. The summed E-state index contributed by atoms with van der Waals surface area (Å²) in [6, 6.07) is 11.3. The molecule has 1 aliphatic carbocycles. The van der Waals surface area contributed by atoms with Crippen molar-refractivity contribution in [3.8, 4) is 9.75 Å². The van der Waals surface area contributed by atoms with Gasteiger partial charge in [-0.25, -0.2) is 4.79 Å². The molecule has 4 aromatic rings. The molecule has 1 fully saturated rings. The molecule has 6 nitrogen and oxygen atoms in total. The first-order valence-electron chi connectivity index (χ1n) is 10.2. The molecular weight excluding hydrogens is 500 g/mol. The minimum absolute atomic E-state index is 0.511. The summed E-state index contributed by atoms with van der Waals surface area (Å²) in [4.78, 5) is 27.0. The highest BCUT2D eigenvalue weighted by molar-refractivity contribution is 7.40. The van der Waals surface area contributed by atoms with E-state index in [1.807, 2.05) is 37.3 Å². The molecule has 1 aromatic carbocycles. The number of fused-ring (bicyclic) bond motifs is 1. The molecule has 5 rings (SSSR count). The number of ether oxygens (including phenoxy) is 1. The van der Waals surface area contributed by atoms with E-state index in [0.717, 1.165) is 29.6 Å². The minimum Gasteiger partial charge on any atom is -0.481 e. The van der Waals surface area contributed by atoms with Crippen LogP contribution in [0.4, 0.5) is 10.5 Å². The maximum absolute atomic E-state index is 12.6. The summed E-state index contributed by atoms with van der Waals surface area (Å²) in [6.45, 7) is 3.61. The van der Waals surface area contributed by atoms with E-state index < -0.39 is 23.6 Å². The van der Waals surface area contributed by atoms with Gasteiger partial charge in [-0.3, -0.25) is 10.1 Å². The number of carboxylic acids is 1. The quantitative estimate of drug-likeness (QED) is 0.276. The summed E-state index contributed by atoms with van der Waals surface area (Å²) >= 11 is 10.7. The number of aromatic nitrogens is 1. The Morgan fingerprint density at radius 1 is 1.24 bits per heavy atom. The Balaban J connectivity index is 1.36. The Bertz CT molecular complexity index is 1350. The third-order valence-corrected chi connectivity index (χ3v) is 9.84. The largest absolute Gasteiger partial charge is 0.481 e. The van der Waals surface area contributed by atoms with Crippen molar-refractivity contribution < 1.29 is 19.4 Å². The average molecular weight is 519 g/mol. The first-order valence-corrected chi connectivity index (χ1v) is 13.0. The Morgan fingerprint density at radius 3 is 2.67 bits per heavy atom. The van der Waals surface area contributed by atoms with Crippen molar-refractivity contribution in [3.05, 3.63) is 57.6 Å². The summed E-state index contributed by atoms with van der Waals surface area (Å²) < 4.78 is 11.0. The lowest BCUT2D eigenvalue weighted by Gasteiger charge is -2.15. The summed E-state index contributed by atoms with van der Waals surface area (Å²) in [5.74, 6) is -0.745. The van der Waals surface area contributed by atoms with Crippen LogP contribution in [0.5, 0.6) is 0 Å². The summed E-state index contributed by atoms with van der Waals surface area (Å²) in [5, 5.41) is 14.0. The molecular formula is C23H19ClN2O4S3. The molecule has 1 atom stereocenters. The Morgan fingerprint density at radius 2 is 2.00 bits per heavy atom. The molecule has 10 heteroatoms. The molecule has 1 amide bonds. The van der Waals surface area contributed by atoms with E-state index in [2.05, 4.69) is 9.69 Å². The van der Waals surface area contributed by atoms with Crippen LogP contribution in [0, 0.1) is 6.92 Å². The smallest absolute Gasteiger partial charge is 0.412 e. The molecule has 0 radical (unpaired) electrons. The molecule has 170 valence electrons. The lowest BCUT2D eigenvalue weighted by atomic mass is 10.1. The van der Waals surface area contributed by atoms with E-state index in [-0.39, 0.29) is 0 Å². The van der Waals surface area contributed by atoms with Gasteiger partial charge in [0.2, 0.25) is 0 Å². The highest BCUT2D eigenvalue weighted by Crippen LogP contribution is 2.54. The van der Waals surface area contributed by atoms with Gasteiger partial charge in [0.05, 0.1) is 25.1 Å². The Labute approximate surface area is 207 Å². The van der Waals surface area contributed by atoms with Crippen molar-refractivity contribution in [1.29, 1.82) is 0 Å². The molecule has 0 saturated heterocycles. The normalized spacial score (nSPS) is 15.4. The van der Waals surface area contributed by atoms with Gasteiger partial charge < -0.3 is 9.84 Å². The zero-order valence-corrected chi connectivity index (χ0v) is 20.9. The first-order chi connectivity index (χ1) is 15.8. The molecule has 3 heterocycles. The van der Waals surface area contributed by atoms with Crippen LogP contribution in [0.1, 0.15) is 42.0 Å². The molecule has 3 aromatic heterocycles. The van der Waals surface area contributed by atoms with Gasteiger partial charge in [-0.2, -0.15) is 4.37 Å². The molecule has 1 saturated carbocycles. The monoisotopic (exact) mass is 518 g/mol. The number of thiophene rings is 2. The van der Waals surface area contributed by atoms with E-state index in [4.69, 9.17) is 16.3 Å². The lowest BCUT2D eigenvalue weighted by Crippen LogP contribution is -2.17. The molecule has 2 N–H and O–H groups in total. The second-order valence-corrected chi connectivity index (χ2v) is 11.6. The number of amides is 1. The van der Waals surface area contributed by atoms with E-state index in [1.54, 1.807) is 35.7 Å². The maximum Gasteiger partial charge on any atom is 0.412 e. The number of aryl methyl sites for hydroxylation is 1. The van der Waals surface area contributed by atoms with Crippen LogP contribution in [0.2, 0.25) is 5.02 Å². The van der Waals surface area contributed by atoms with Gasteiger partial charge in [-0.15, -0.1) is 22.7 Å². The number of benzene rings is 1. The third-order valence-electron chi connectivity index (χ3n) is 5.79. The number of hydrogen-bond acceptors (Lipinski definition) is 7. The molecule has 1 unspecified atom stereocenters. The molecule has 1 aliphatic rings. The first kappa shape index (κ1) is 22.3. The number of hydrogen-bond donors (Lipinski definition) is 2. The van der Waals surface area contributed by atoms with Gasteiger partial charge in [0.25, 0.3) is 0 Å². The average Bonchev–Trinajstić information content (AvgIpc) is 3.18. The fraction of sp³-hybridized carbons (Fsp3) is 0.261. The van der Waals surface area contributed by atoms with Crippen molar-refractivity contribution in [2.75, 3.05) is 5.32 Å². The Kier molecular flexibility index (Phi) is 5.68. The van der Waals surface area contributed by atoms with E-state index in [9.17, 15) is 14.7 Å². The second kappa shape index (κ2) is 8.39. The highest BCUT2D eigenvalue weighted by Gasteiger charge is 2.53. The van der Waals surface area contributed by atoms with Gasteiger partial charge >= 0.3 is 12.1 Å². The van der Waals surface area contributed by atoms with Crippen molar-refractivity contribution in [3.63, 3.8) is 0 Å². The number of carbonyl (C=O) groups is 2. The number of rotatable bonds is 6. The van der Waals surface area contributed by atoms with Crippen molar-refractivity contribution in [2.24, 2.45) is 0 Å². The number of carboxylic acid groups (broad SMARTS) is 1. The number of nitrogens with zero attached hydrogens (tertiary/aromatic N) is 1. The van der Waals surface area contributed by atoms with E-state index in [0.29, 0.717) is 29.2 Å². The summed E-state index contributed by atoms with van der Waals surface area (Å²) in [5.41, 5.74) is 1.37. The van der Waals surface area contributed by atoms with Crippen LogP contribution in [-0.4, -0.2) is 21.5 Å². The van der Waals surface area contributed by atoms with Crippen LogP contribution in [0.3, 0.4) is 0 Å². The topological polar surface area (TPSA) is 88.5 Å². The maximum atomic E-state index is 12.6. The predicted molar refractivity (Wildman–Crippen MR) is 134 cm³/mol. The zero-order valence-electron chi connectivity index (χ0n) is 17.7. The van der Waals surface area contributed by atoms with Crippen LogP contribution in [0.25, 0.3) is 19.2 Å². The second-order valence-electron chi connectivity index (χ2n) is 8.02. The lowest BCUT2D eigenvalue weighted by molar-refractivity contribution is -0.139. The van der Waals surface area contributed by atoms with Crippen LogP contribution >= 0.6 is 45.8 Å². The summed E-state index contributed by atoms with van der Waals surface area (Å²) in [7, 11) is 0. The highest BCUT2D eigenvalue weighted by atomic mass is 35.5. The van der Waals surface area contributed by atoms with Crippen LogP contribution in [0.15, 0.2) is 36.4 Å². The number of halogens is 1. The number of aliphatic carboxylic acids is 1. The number of anilines is 1. The standard InChI is InChI=1S/C23H19ClN2O4S3/c1-11-18(25-22(29)30-12(2)14-5-3-4-6-15(14)24)19(33-26-11)16-9-13-10-17(32-20(13)31-16)23(7-8-23)21(27)28/h3-6,9-10,12H,7-8H2,1-2H3,(H,25,29)(H,27,28). The SMILES string of the molecule is Cc1nsc(-c2cc3cc(C4(C(=O)O)CC4)sc3s2)c1NC(=O)OC(C)c1ccccc1Cl. The van der Waals surface area contributed by atoms with Crippen molar-refractivity contribution in [2.45, 2.75) is 38.2 Å². The molecule has 0 aliphatic heterocycles. The van der Waals surface area contributed by atoms with E-state index in [1.165, 1.54) is 11.5 Å². The molecule has 0 spiro atoms. The fourth-order valence-electron chi connectivity index (χ4n) is 3.72. The third kappa shape index (κ3) is 4.03. The van der Waals surface area contributed by atoms with Crippen molar-refractivity contribution in [1.82, 2.24) is 4.37 Å². The molecule has 0 bridgehead atoms.